The van der Waals surface area contributed by atoms with Crippen molar-refractivity contribution in [2.24, 2.45) is 0 Å². The van der Waals surface area contributed by atoms with E-state index in [1.54, 1.807) is 24.3 Å². The van der Waals surface area contributed by atoms with Gasteiger partial charge in [0, 0.05) is 62.4 Å². The van der Waals surface area contributed by atoms with Crippen molar-refractivity contribution in [3.63, 3.8) is 0 Å². The number of aromatic nitrogens is 2. The molecule has 10 heteroatoms. The van der Waals surface area contributed by atoms with Crippen LogP contribution in [0.25, 0.3) is 11.6 Å². The van der Waals surface area contributed by atoms with Crippen molar-refractivity contribution in [3.8, 4) is 5.75 Å². The van der Waals surface area contributed by atoms with E-state index in [0.29, 0.717) is 44.2 Å². The first-order valence-electron chi connectivity index (χ1n) is 14.5. The molecule has 0 unspecified atom stereocenters. The number of methoxy groups -OCH3 is 1. The molecule has 1 fully saturated rings. The molecule has 0 atom stereocenters. The van der Waals surface area contributed by atoms with Gasteiger partial charge in [-0.1, -0.05) is 31.9 Å². The maximum Gasteiger partial charge on any atom is 0.410 e. The first-order valence-corrected chi connectivity index (χ1v) is 14.5. The topological polar surface area (TPSA) is 109 Å². The summed E-state index contributed by atoms with van der Waals surface area (Å²) in [4.78, 5) is 34.8. The Balaban J connectivity index is 0.00000124. The summed E-state index contributed by atoms with van der Waals surface area (Å²) in [6, 6.07) is 5.98. The predicted molar refractivity (Wildman–Crippen MR) is 178 cm³/mol. The fourth-order valence-electron chi connectivity index (χ4n) is 4.68. The monoisotopic (exact) mass is 600 g/mol. The molecular weight excluding hydrogens is 556 g/mol. The second kappa shape index (κ2) is 15.6. The van der Waals surface area contributed by atoms with Gasteiger partial charge in [0.25, 0.3) is 0 Å². The Labute approximate surface area is 260 Å². The van der Waals surface area contributed by atoms with Crippen molar-refractivity contribution in [2.45, 2.75) is 39.2 Å². The Morgan fingerprint density at radius 2 is 1.84 bits per heavy atom. The Kier molecular flexibility index (Phi) is 11.9. The van der Waals surface area contributed by atoms with Gasteiger partial charge in [0.2, 0.25) is 5.95 Å². The molecular formula is C34H44N6O4. The number of piperazine rings is 1. The van der Waals surface area contributed by atoms with Crippen LogP contribution in [0.1, 0.15) is 44.9 Å². The highest BCUT2D eigenvalue weighted by atomic mass is 16.6. The summed E-state index contributed by atoms with van der Waals surface area (Å²) in [5.74, 6) is 1.11. The molecule has 1 aromatic carbocycles. The van der Waals surface area contributed by atoms with Gasteiger partial charge in [0.05, 0.1) is 18.5 Å². The minimum Gasteiger partial charge on any atom is -0.494 e. The van der Waals surface area contributed by atoms with Crippen molar-refractivity contribution < 1.29 is 19.1 Å². The summed E-state index contributed by atoms with van der Waals surface area (Å²) in [7, 11) is 3.56. The molecule has 234 valence electrons. The van der Waals surface area contributed by atoms with Crippen LogP contribution in [0.3, 0.4) is 0 Å². The number of carbonyl (C=O) groups excluding carboxylic acids is 2. The number of allylic oxidation sites excluding steroid dienone is 5. The molecule has 1 aliphatic heterocycles. The van der Waals surface area contributed by atoms with Gasteiger partial charge in [0.15, 0.2) is 0 Å². The molecule has 2 aromatic rings. The second-order valence-electron chi connectivity index (χ2n) is 11.1. The van der Waals surface area contributed by atoms with Crippen LogP contribution in [0.2, 0.25) is 0 Å². The molecule has 2 aliphatic rings. The third-order valence-corrected chi connectivity index (χ3v) is 6.93. The summed E-state index contributed by atoms with van der Waals surface area (Å²) in [6.07, 6.45) is 11.2. The van der Waals surface area contributed by atoms with E-state index in [-0.39, 0.29) is 6.09 Å². The summed E-state index contributed by atoms with van der Waals surface area (Å²) in [6.45, 7) is 19.6. The van der Waals surface area contributed by atoms with Crippen LogP contribution < -0.4 is 20.3 Å². The van der Waals surface area contributed by atoms with Gasteiger partial charge in [-0.05, 0) is 69.0 Å². The number of nitrogens with zero attached hydrogens (tertiary/aromatic N) is 4. The summed E-state index contributed by atoms with van der Waals surface area (Å²) in [5.41, 5.74) is 5.89. The molecule has 1 aliphatic carbocycles. The van der Waals surface area contributed by atoms with Crippen molar-refractivity contribution >= 4 is 41.4 Å². The molecule has 0 spiro atoms. The minimum atomic E-state index is -0.505. The van der Waals surface area contributed by atoms with Crippen LogP contribution in [-0.2, 0) is 9.53 Å². The van der Waals surface area contributed by atoms with Gasteiger partial charge >= 0.3 is 6.09 Å². The quantitative estimate of drug-likeness (QED) is 0.259. The van der Waals surface area contributed by atoms with Crippen LogP contribution in [0.5, 0.6) is 5.75 Å². The number of carbonyl (C=O) groups is 2. The van der Waals surface area contributed by atoms with Gasteiger partial charge < -0.3 is 29.9 Å². The van der Waals surface area contributed by atoms with Crippen molar-refractivity contribution in [1.82, 2.24) is 20.2 Å². The van der Waals surface area contributed by atoms with Crippen LogP contribution in [0.15, 0.2) is 73.6 Å². The third kappa shape index (κ3) is 9.07. The first-order chi connectivity index (χ1) is 21.0. The van der Waals surface area contributed by atoms with Gasteiger partial charge in [0.1, 0.15) is 17.6 Å². The molecule has 10 nitrogen and oxygen atoms in total. The lowest BCUT2D eigenvalue weighted by atomic mass is 9.93. The van der Waals surface area contributed by atoms with Crippen molar-refractivity contribution in [3.05, 3.63) is 84.9 Å². The number of anilines is 3. The molecule has 0 radical (unpaired) electrons. The highest BCUT2D eigenvalue weighted by molar-refractivity contribution is 5.81. The zero-order valence-electron chi connectivity index (χ0n) is 26.5. The summed E-state index contributed by atoms with van der Waals surface area (Å²) in [5, 5.41) is 6.52. The van der Waals surface area contributed by atoms with E-state index in [0.717, 1.165) is 52.3 Å². The fourth-order valence-corrected chi connectivity index (χ4v) is 4.68. The van der Waals surface area contributed by atoms with E-state index in [1.165, 1.54) is 6.08 Å². The lowest BCUT2D eigenvalue weighted by Gasteiger charge is -2.37. The SMILES string of the molecule is C=CC=O.C=Cc1cnc(Nc2ccc(N3CCN(C(=O)OC(C)(C)C)CC3)cc2OC)nc1C(=C)C1=CC(NC)=CCC1. The molecule has 4 rings (SSSR count). The normalized spacial score (nSPS) is 14.6. The Hall–Kier alpha value is -4.86. The highest BCUT2D eigenvalue weighted by Gasteiger charge is 2.26. The molecule has 1 amide bonds. The number of benzene rings is 1. The minimum absolute atomic E-state index is 0.271. The molecule has 2 heterocycles. The third-order valence-electron chi connectivity index (χ3n) is 6.93. The van der Waals surface area contributed by atoms with Gasteiger partial charge in [-0.2, -0.15) is 0 Å². The number of hydrogen-bond acceptors (Lipinski definition) is 9. The fraction of sp³-hybridized carbons (Fsp3) is 0.353. The van der Waals surface area contributed by atoms with Gasteiger partial charge in [-0.3, -0.25) is 4.79 Å². The van der Waals surface area contributed by atoms with E-state index in [4.69, 9.17) is 19.3 Å². The number of aldehydes is 1. The van der Waals surface area contributed by atoms with Crippen LogP contribution in [0.4, 0.5) is 22.1 Å². The second-order valence-corrected chi connectivity index (χ2v) is 11.1. The summed E-state index contributed by atoms with van der Waals surface area (Å²) >= 11 is 0. The standard InChI is InChI=1S/C31H40N6O3.C3H4O/c1-8-22-20-33-29(35-28(22)21(2)23-10-9-11-24(18-23)32-6)34-26-13-12-25(19-27(26)39-7)36-14-16-37(17-15-36)30(38)40-31(3,4)5;1-2-3-4/h8,11-13,18-20,32H,1-2,9-10,14-17H2,3-7H3,(H,33,34,35);2-3H,1H2. The van der Waals surface area contributed by atoms with Crippen molar-refractivity contribution in [2.75, 3.05) is 50.6 Å². The summed E-state index contributed by atoms with van der Waals surface area (Å²) < 4.78 is 11.2. The lowest BCUT2D eigenvalue weighted by molar-refractivity contribution is -0.104. The van der Waals surface area contributed by atoms with E-state index >= 15 is 0 Å². The van der Waals surface area contributed by atoms with Crippen LogP contribution in [0, 0.1) is 0 Å². The first kappa shape index (κ1) is 33.6. The molecule has 2 N–H and O–H groups in total. The highest BCUT2D eigenvalue weighted by Crippen LogP contribution is 2.34. The number of amides is 1. The number of hydrogen-bond donors (Lipinski definition) is 2. The largest absolute Gasteiger partial charge is 0.494 e. The molecule has 1 saturated heterocycles. The Morgan fingerprint density at radius 1 is 1.14 bits per heavy atom. The molecule has 1 aromatic heterocycles. The predicted octanol–water partition coefficient (Wildman–Crippen LogP) is 6.14. The smallest absolute Gasteiger partial charge is 0.410 e. The van der Waals surface area contributed by atoms with E-state index in [9.17, 15) is 4.79 Å². The van der Waals surface area contributed by atoms with Crippen LogP contribution in [-0.4, -0.2) is 73.2 Å². The Bertz CT molecular complexity index is 1430. The Morgan fingerprint density at radius 3 is 2.43 bits per heavy atom. The lowest BCUT2D eigenvalue weighted by Crippen LogP contribution is -2.50. The number of likely N-dealkylation sites (N-methyl/N-ethyl adjacent to an activating group) is 1. The zero-order chi connectivity index (χ0) is 32.3. The number of nitrogens with one attached hydrogen (secondary N) is 2. The van der Waals surface area contributed by atoms with Crippen LogP contribution >= 0.6 is 0 Å². The maximum absolute atomic E-state index is 12.4. The zero-order valence-corrected chi connectivity index (χ0v) is 26.5. The van der Waals surface area contributed by atoms with Gasteiger partial charge in [-0.25, -0.2) is 14.8 Å². The average Bonchev–Trinajstić information content (AvgIpc) is 3.04. The van der Waals surface area contributed by atoms with E-state index in [2.05, 4.69) is 52.4 Å². The van der Waals surface area contributed by atoms with Crippen molar-refractivity contribution in [1.29, 1.82) is 0 Å². The average molecular weight is 601 g/mol. The molecule has 0 saturated carbocycles. The number of rotatable bonds is 9. The van der Waals surface area contributed by atoms with E-state index < -0.39 is 5.60 Å². The maximum atomic E-state index is 12.4. The molecule has 44 heavy (non-hydrogen) atoms. The van der Waals surface area contributed by atoms with Gasteiger partial charge in [-0.15, -0.1) is 0 Å². The molecule has 0 bridgehead atoms. The van der Waals surface area contributed by atoms with E-state index in [1.807, 2.05) is 46.0 Å². The number of ether oxygens (including phenoxy) is 2.